The molecule has 0 aromatic heterocycles. The fraction of sp³-hybridized carbons (Fsp3) is 0.529. The Morgan fingerprint density at radius 2 is 2.09 bits per heavy atom. The molecule has 0 unspecified atom stereocenters. The van der Waals surface area contributed by atoms with Gasteiger partial charge in [0.05, 0.1) is 19.1 Å². The molecule has 1 saturated heterocycles. The first kappa shape index (κ1) is 17.4. The Hall–Kier alpha value is -1.92. The van der Waals surface area contributed by atoms with Gasteiger partial charge in [0.1, 0.15) is 6.04 Å². The number of carbonyl (C=O) groups excluding carboxylic acids is 1. The average molecular weight is 320 g/mol. The summed E-state index contributed by atoms with van der Waals surface area (Å²) >= 11 is 0. The highest BCUT2D eigenvalue weighted by molar-refractivity contribution is 5.83. The highest BCUT2D eigenvalue weighted by atomic mass is 16.5. The zero-order valence-corrected chi connectivity index (χ0v) is 13.6. The van der Waals surface area contributed by atoms with E-state index < -0.39 is 12.0 Å². The number of nitrogens with zero attached hydrogens (tertiary/aromatic N) is 2. The van der Waals surface area contributed by atoms with Crippen LogP contribution in [0.4, 0.5) is 0 Å². The van der Waals surface area contributed by atoms with Crippen LogP contribution in [0.5, 0.6) is 0 Å². The predicted octanol–water partition coefficient (Wildman–Crippen LogP) is 1.21. The minimum atomic E-state index is -1.00. The SMILES string of the molecule is C[C@H](C(=O)O)N(C)C(=O)C[C@@H]1CN(Cc2ccccc2)CCO1. The number of morpholine rings is 1. The summed E-state index contributed by atoms with van der Waals surface area (Å²) in [5.41, 5.74) is 1.23. The fourth-order valence-electron chi connectivity index (χ4n) is 2.61. The van der Waals surface area contributed by atoms with Gasteiger partial charge >= 0.3 is 5.97 Å². The summed E-state index contributed by atoms with van der Waals surface area (Å²) in [7, 11) is 1.52. The highest BCUT2D eigenvalue weighted by Crippen LogP contribution is 2.14. The molecule has 1 amide bonds. The van der Waals surface area contributed by atoms with Crippen LogP contribution < -0.4 is 0 Å². The van der Waals surface area contributed by atoms with E-state index in [0.29, 0.717) is 13.2 Å². The van der Waals surface area contributed by atoms with E-state index in [9.17, 15) is 9.59 Å². The van der Waals surface area contributed by atoms with Gasteiger partial charge in [-0.15, -0.1) is 0 Å². The molecule has 1 aromatic rings. The molecule has 0 spiro atoms. The number of ether oxygens (including phenoxy) is 1. The summed E-state index contributed by atoms with van der Waals surface area (Å²) in [4.78, 5) is 26.7. The van der Waals surface area contributed by atoms with Crippen LogP contribution in [0.15, 0.2) is 30.3 Å². The van der Waals surface area contributed by atoms with Crippen LogP contribution in [0.2, 0.25) is 0 Å². The molecule has 1 aromatic carbocycles. The first-order valence-corrected chi connectivity index (χ1v) is 7.83. The van der Waals surface area contributed by atoms with Crippen LogP contribution in [0.1, 0.15) is 18.9 Å². The van der Waals surface area contributed by atoms with E-state index in [0.717, 1.165) is 13.1 Å². The molecule has 23 heavy (non-hydrogen) atoms. The van der Waals surface area contributed by atoms with Gasteiger partial charge in [-0.1, -0.05) is 30.3 Å². The quantitative estimate of drug-likeness (QED) is 0.853. The van der Waals surface area contributed by atoms with Crippen molar-refractivity contribution in [1.82, 2.24) is 9.80 Å². The summed E-state index contributed by atoms with van der Waals surface area (Å²) in [5.74, 6) is -1.21. The van der Waals surface area contributed by atoms with Crippen LogP contribution in [-0.4, -0.2) is 65.7 Å². The predicted molar refractivity (Wildman–Crippen MR) is 85.9 cm³/mol. The van der Waals surface area contributed by atoms with Crippen LogP contribution in [0.25, 0.3) is 0 Å². The molecule has 0 aliphatic carbocycles. The van der Waals surface area contributed by atoms with Crippen molar-refractivity contribution in [3.05, 3.63) is 35.9 Å². The van der Waals surface area contributed by atoms with Crippen molar-refractivity contribution in [3.8, 4) is 0 Å². The van der Waals surface area contributed by atoms with Crippen LogP contribution >= 0.6 is 0 Å². The molecule has 2 rings (SSSR count). The lowest BCUT2D eigenvalue weighted by molar-refractivity contribution is -0.150. The number of benzene rings is 1. The maximum atomic E-state index is 12.2. The van der Waals surface area contributed by atoms with E-state index in [4.69, 9.17) is 9.84 Å². The Morgan fingerprint density at radius 3 is 2.74 bits per heavy atom. The second-order valence-corrected chi connectivity index (χ2v) is 5.94. The number of carboxylic acid groups (broad SMARTS) is 1. The molecule has 6 heteroatoms. The van der Waals surface area contributed by atoms with Gasteiger partial charge in [0.25, 0.3) is 0 Å². The molecule has 126 valence electrons. The molecule has 0 bridgehead atoms. The second-order valence-electron chi connectivity index (χ2n) is 5.94. The summed E-state index contributed by atoms with van der Waals surface area (Å²) in [6, 6.07) is 9.35. The molecular weight excluding hydrogens is 296 g/mol. The topological polar surface area (TPSA) is 70.1 Å². The van der Waals surface area contributed by atoms with Crippen LogP contribution in [-0.2, 0) is 20.9 Å². The normalized spacial score (nSPS) is 20.0. The third-order valence-electron chi connectivity index (χ3n) is 4.21. The summed E-state index contributed by atoms with van der Waals surface area (Å²) < 4.78 is 5.67. The molecule has 1 heterocycles. The average Bonchev–Trinajstić information content (AvgIpc) is 2.54. The van der Waals surface area contributed by atoms with Crippen molar-refractivity contribution in [2.75, 3.05) is 26.7 Å². The molecule has 0 saturated carbocycles. The Kier molecular flexibility index (Phi) is 6.12. The Labute approximate surface area is 136 Å². The molecule has 2 atom stereocenters. The maximum absolute atomic E-state index is 12.2. The lowest BCUT2D eigenvalue weighted by Crippen LogP contribution is -2.46. The lowest BCUT2D eigenvalue weighted by atomic mass is 10.1. The Balaban J connectivity index is 1.86. The largest absolute Gasteiger partial charge is 0.480 e. The lowest BCUT2D eigenvalue weighted by Gasteiger charge is -2.33. The van der Waals surface area contributed by atoms with Gasteiger partial charge in [-0.2, -0.15) is 0 Å². The first-order valence-electron chi connectivity index (χ1n) is 7.83. The molecule has 0 radical (unpaired) electrons. The van der Waals surface area contributed by atoms with Crippen molar-refractivity contribution in [2.24, 2.45) is 0 Å². The van der Waals surface area contributed by atoms with Gasteiger partial charge in [-0.25, -0.2) is 4.79 Å². The first-order chi connectivity index (χ1) is 11.0. The zero-order valence-electron chi connectivity index (χ0n) is 13.6. The summed E-state index contributed by atoms with van der Waals surface area (Å²) in [6.07, 6.45) is 0.0165. The number of amides is 1. The van der Waals surface area contributed by atoms with E-state index in [2.05, 4.69) is 17.0 Å². The van der Waals surface area contributed by atoms with Crippen LogP contribution in [0, 0.1) is 0 Å². The third-order valence-corrected chi connectivity index (χ3v) is 4.21. The number of hydrogen-bond donors (Lipinski definition) is 1. The van der Waals surface area contributed by atoms with Crippen molar-refractivity contribution in [3.63, 3.8) is 0 Å². The highest BCUT2D eigenvalue weighted by Gasteiger charge is 2.27. The van der Waals surface area contributed by atoms with Gasteiger partial charge in [-0.3, -0.25) is 9.69 Å². The van der Waals surface area contributed by atoms with E-state index in [1.807, 2.05) is 18.2 Å². The second kappa shape index (κ2) is 8.08. The number of carbonyl (C=O) groups is 2. The van der Waals surface area contributed by atoms with E-state index in [1.54, 1.807) is 0 Å². The smallest absolute Gasteiger partial charge is 0.326 e. The van der Waals surface area contributed by atoms with Crippen molar-refractivity contribution < 1.29 is 19.4 Å². The molecule has 1 fully saturated rings. The minimum absolute atomic E-state index is 0.191. The number of rotatable bonds is 6. The minimum Gasteiger partial charge on any atom is -0.480 e. The van der Waals surface area contributed by atoms with Crippen molar-refractivity contribution in [2.45, 2.75) is 32.0 Å². The van der Waals surface area contributed by atoms with Gasteiger partial charge in [-0.05, 0) is 12.5 Å². The maximum Gasteiger partial charge on any atom is 0.326 e. The monoisotopic (exact) mass is 320 g/mol. The van der Waals surface area contributed by atoms with Gasteiger partial charge in [0.2, 0.25) is 5.91 Å². The Bertz CT molecular complexity index is 535. The summed E-state index contributed by atoms with van der Waals surface area (Å²) in [5, 5.41) is 8.98. The standard InChI is InChI=1S/C17H24N2O4/c1-13(17(21)22)18(2)16(20)10-15-12-19(8-9-23-15)11-14-6-4-3-5-7-14/h3-7,13,15H,8-12H2,1-2H3,(H,21,22)/t13-,15-/m1/s1. The molecule has 1 aliphatic heterocycles. The van der Waals surface area contributed by atoms with Crippen molar-refractivity contribution in [1.29, 1.82) is 0 Å². The fourth-order valence-corrected chi connectivity index (χ4v) is 2.61. The van der Waals surface area contributed by atoms with E-state index in [-0.39, 0.29) is 18.4 Å². The summed E-state index contributed by atoms with van der Waals surface area (Å²) in [6.45, 7) is 4.43. The number of aliphatic carboxylic acids is 1. The molecule has 6 nitrogen and oxygen atoms in total. The van der Waals surface area contributed by atoms with E-state index in [1.165, 1.54) is 24.4 Å². The van der Waals surface area contributed by atoms with Gasteiger partial charge in [0, 0.05) is 26.7 Å². The molecule has 1 N–H and O–H groups in total. The number of hydrogen-bond acceptors (Lipinski definition) is 4. The number of carboxylic acids is 1. The van der Waals surface area contributed by atoms with Crippen molar-refractivity contribution >= 4 is 11.9 Å². The molecule has 1 aliphatic rings. The molecular formula is C17H24N2O4. The third kappa shape index (κ3) is 5.04. The Morgan fingerprint density at radius 1 is 1.39 bits per heavy atom. The number of likely N-dealkylation sites (N-methyl/N-ethyl adjacent to an activating group) is 1. The van der Waals surface area contributed by atoms with E-state index >= 15 is 0 Å². The van der Waals surface area contributed by atoms with Gasteiger partial charge in [0.15, 0.2) is 0 Å². The zero-order chi connectivity index (χ0) is 16.8. The van der Waals surface area contributed by atoms with Crippen LogP contribution in [0.3, 0.4) is 0 Å². The van der Waals surface area contributed by atoms with Gasteiger partial charge < -0.3 is 14.7 Å².